The van der Waals surface area contributed by atoms with Crippen molar-refractivity contribution in [2.24, 2.45) is 0 Å². The number of hydrogen-bond acceptors (Lipinski definition) is 2. The first-order valence-electron chi connectivity index (χ1n) is 8.93. The Hall–Kier alpha value is -3.16. The van der Waals surface area contributed by atoms with E-state index in [1.807, 2.05) is 30.3 Å². The van der Waals surface area contributed by atoms with Crippen molar-refractivity contribution in [2.75, 3.05) is 31.1 Å². The van der Waals surface area contributed by atoms with Crippen LogP contribution >= 0.6 is 0 Å². The minimum absolute atomic E-state index is 0.0579. The molecule has 3 aromatic carbocycles. The molecule has 3 aromatic rings. The lowest BCUT2D eigenvalue weighted by molar-refractivity contribution is 0.0746. The summed E-state index contributed by atoms with van der Waals surface area (Å²) in [5, 5.41) is 1.89. The largest absolute Gasteiger partial charge is 0.363 e. The highest BCUT2D eigenvalue weighted by molar-refractivity contribution is 5.98. The predicted octanol–water partition coefficient (Wildman–Crippen LogP) is 4.50. The molecule has 0 atom stereocenters. The Morgan fingerprint density at radius 1 is 0.690 bits per heavy atom. The summed E-state index contributed by atoms with van der Waals surface area (Å²) in [6.07, 6.45) is 0. The fourth-order valence-electron chi connectivity index (χ4n) is 3.51. The molecule has 0 radical (unpaired) electrons. The van der Waals surface area contributed by atoms with Crippen molar-refractivity contribution in [1.82, 2.24) is 4.90 Å². The minimum Gasteiger partial charge on any atom is -0.363 e. The molecule has 1 amide bonds. The van der Waals surface area contributed by atoms with E-state index in [0.29, 0.717) is 5.56 Å². The van der Waals surface area contributed by atoms with Crippen molar-refractivity contribution in [1.29, 1.82) is 0 Å². The maximum atomic E-state index is 14.0. The first-order valence-corrected chi connectivity index (χ1v) is 8.93. The van der Waals surface area contributed by atoms with Crippen molar-refractivity contribution in [3.8, 4) is 0 Å². The Balaban J connectivity index is 1.53. The van der Waals surface area contributed by atoms with Crippen molar-refractivity contribution >= 4 is 22.4 Å². The van der Waals surface area contributed by atoms with Gasteiger partial charge in [0.15, 0.2) is 23.3 Å². The minimum atomic E-state index is -2.19. The van der Waals surface area contributed by atoms with E-state index in [1.54, 1.807) is 12.1 Å². The molecule has 0 unspecified atom stereocenters. The molecular weight excluding hydrogens is 391 g/mol. The lowest BCUT2D eigenvalue weighted by Gasteiger charge is -2.36. The second kappa shape index (κ2) is 7.35. The van der Waals surface area contributed by atoms with Crippen LogP contribution in [-0.4, -0.2) is 37.0 Å². The quantitative estimate of drug-likeness (QED) is 0.356. The standard InChI is InChI=1S/C21H15F5N2O/c22-15-16(23)18(25)20(19(26)17(15)24)27-7-9-28(10-8-27)21(29)14-6-5-12-3-1-2-4-13(12)11-14/h1-6,11H,7-10H2. The Morgan fingerprint density at radius 3 is 1.86 bits per heavy atom. The molecule has 0 N–H and O–H groups in total. The van der Waals surface area contributed by atoms with Crippen LogP contribution in [0.1, 0.15) is 10.4 Å². The third kappa shape index (κ3) is 3.28. The fraction of sp³-hybridized carbons (Fsp3) is 0.190. The number of hydrogen-bond donors (Lipinski definition) is 0. The van der Waals surface area contributed by atoms with Gasteiger partial charge in [-0.1, -0.05) is 30.3 Å². The summed E-state index contributed by atoms with van der Waals surface area (Å²) in [6, 6.07) is 12.8. The molecule has 150 valence electrons. The van der Waals surface area contributed by atoms with E-state index in [2.05, 4.69) is 0 Å². The highest BCUT2D eigenvalue weighted by atomic mass is 19.2. The third-order valence-corrected chi connectivity index (χ3v) is 5.07. The molecule has 1 aliphatic rings. The molecule has 8 heteroatoms. The van der Waals surface area contributed by atoms with E-state index in [9.17, 15) is 26.7 Å². The molecule has 1 fully saturated rings. The molecule has 3 nitrogen and oxygen atoms in total. The summed E-state index contributed by atoms with van der Waals surface area (Å²) < 4.78 is 68.2. The summed E-state index contributed by atoms with van der Waals surface area (Å²) in [6.45, 7) is 0.0612. The SMILES string of the molecule is O=C(c1ccc2ccccc2c1)N1CCN(c2c(F)c(F)c(F)c(F)c2F)CC1. The zero-order valence-electron chi connectivity index (χ0n) is 15.1. The van der Waals surface area contributed by atoms with Gasteiger partial charge in [0.05, 0.1) is 0 Å². The number of halogens is 5. The third-order valence-electron chi connectivity index (χ3n) is 5.07. The molecule has 0 aromatic heterocycles. The second-order valence-corrected chi connectivity index (χ2v) is 6.76. The lowest BCUT2D eigenvalue weighted by atomic mass is 10.1. The normalized spacial score (nSPS) is 14.5. The van der Waals surface area contributed by atoms with Gasteiger partial charge >= 0.3 is 0 Å². The Morgan fingerprint density at radius 2 is 1.24 bits per heavy atom. The molecule has 0 saturated carbocycles. The van der Waals surface area contributed by atoms with Gasteiger partial charge in [-0.15, -0.1) is 0 Å². The Kier molecular flexibility index (Phi) is 4.86. The summed E-state index contributed by atoms with van der Waals surface area (Å²) in [4.78, 5) is 15.3. The molecular formula is C21H15F5N2O. The summed E-state index contributed by atoms with van der Waals surface area (Å²) in [5.74, 6) is -10.1. The molecule has 1 saturated heterocycles. The molecule has 0 spiro atoms. The van der Waals surface area contributed by atoms with E-state index in [1.165, 1.54) is 4.90 Å². The number of carbonyl (C=O) groups is 1. The zero-order chi connectivity index (χ0) is 20.7. The number of carbonyl (C=O) groups excluding carboxylic acids is 1. The van der Waals surface area contributed by atoms with Gasteiger partial charge < -0.3 is 9.80 Å². The van der Waals surface area contributed by atoms with Crippen LogP contribution in [0.25, 0.3) is 10.8 Å². The number of benzene rings is 3. The zero-order valence-corrected chi connectivity index (χ0v) is 15.1. The van der Waals surface area contributed by atoms with Crippen molar-refractivity contribution in [2.45, 2.75) is 0 Å². The van der Waals surface area contributed by atoms with E-state index < -0.39 is 34.8 Å². The average molecular weight is 406 g/mol. The van der Waals surface area contributed by atoms with E-state index in [0.717, 1.165) is 15.7 Å². The van der Waals surface area contributed by atoms with Crippen LogP contribution in [0.4, 0.5) is 27.6 Å². The number of nitrogens with zero attached hydrogens (tertiary/aromatic N) is 2. The van der Waals surface area contributed by atoms with Gasteiger partial charge in [0, 0.05) is 31.7 Å². The van der Waals surface area contributed by atoms with Crippen LogP contribution in [0.2, 0.25) is 0 Å². The number of amides is 1. The average Bonchev–Trinajstić information content (AvgIpc) is 2.76. The monoisotopic (exact) mass is 406 g/mol. The highest BCUT2D eigenvalue weighted by Gasteiger charge is 2.31. The van der Waals surface area contributed by atoms with Crippen molar-refractivity contribution in [3.05, 3.63) is 77.1 Å². The van der Waals surface area contributed by atoms with Crippen LogP contribution in [0, 0.1) is 29.1 Å². The number of rotatable bonds is 2. The van der Waals surface area contributed by atoms with Gasteiger partial charge in [0.25, 0.3) is 5.91 Å². The molecule has 0 aliphatic carbocycles. The van der Waals surface area contributed by atoms with Gasteiger partial charge in [0.1, 0.15) is 5.69 Å². The maximum absolute atomic E-state index is 14.0. The maximum Gasteiger partial charge on any atom is 0.253 e. The van der Waals surface area contributed by atoms with Crippen LogP contribution < -0.4 is 4.90 Å². The lowest BCUT2D eigenvalue weighted by Crippen LogP contribution is -2.49. The van der Waals surface area contributed by atoms with Gasteiger partial charge in [-0.2, -0.15) is 0 Å². The summed E-state index contributed by atoms with van der Waals surface area (Å²) in [5.41, 5.74) is -0.493. The van der Waals surface area contributed by atoms with E-state index in [4.69, 9.17) is 0 Å². The molecule has 29 heavy (non-hydrogen) atoms. The van der Waals surface area contributed by atoms with Gasteiger partial charge in [-0.05, 0) is 22.9 Å². The number of anilines is 1. The molecule has 0 bridgehead atoms. The van der Waals surface area contributed by atoms with Gasteiger partial charge in [0.2, 0.25) is 5.82 Å². The predicted molar refractivity (Wildman–Crippen MR) is 98.3 cm³/mol. The Bertz CT molecular complexity index is 1080. The van der Waals surface area contributed by atoms with Gasteiger partial charge in [-0.3, -0.25) is 4.79 Å². The fourth-order valence-corrected chi connectivity index (χ4v) is 3.51. The summed E-state index contributed by atoms with van der Waals surface area (Å²) in [7, 11) is 0. The molecule has 1 aliphatic heterocycles. The van der Waals surface area contributed by atoms with Crippen LogP contribution in [0.3, 0.4) is 0 Å². The summed E-state index contributed by atoms with van der Waals surface area (Å²) >= 11 is 0. The van der Waals surface area contributed by atoms with Crippen LogP contribution in [0.5, 0.6) is 0 Å². The van der Waals surface area contributed by atoms with E-state index in [-0.39, 0.29) is 32.1 Å². The first-order chi connectivity index (χ1) is 13.9. The Labute approximate surface area is 162 Å². The van der Waals surface area contributed by atoms with Crippen LogP contribution in [-0.2, 0) is 0 Å². The van der Waals surface area contributed by atoms with Crippen LogP contribution in [0.15, 0.2) is 42.5 Å². The highest BCUT2D eigenvalue weighted by Crippen LogP contribution is 2.31. The number of fused-ring (bicyclic) bond motifs is 1. The van der Waals surface area contributed by atoms with Crippen molar-refractivity contribution < 1.29 is 26.7 Å². The smallest absolute Gasteiger partial charge is 0.253 e. The first kappa shape index (κ1) is 19.2. The number of piperazine rings is 1. The van der Waals surface area contributed by atoms with E-state index >= 15 is 0 Å². The topological polar surface area (TPSA) is 23.6 Å². The van der Waals surface area contributed by atoms with Gasteiger partial charge in [-0.25, -0.2) is 22.0 Å². The second-order valence-electron chi connectivity index (χ2n) is 6.76. The van der Waals surface area contributed by atoms with Crippen molar-refractivity contribution in [3.63, 3.8) is 0 Å². The molecule has 4 rings (SSSR count). The molecule has 1 heterocycles.